The van der Waals surface area contributed by atoms with Crippen LogP contribution in [0.4, 0.5) is 14.6 Å². The fraction of sp³-hybridized carbons (Fsp3) is 0.543. The zero-order chi connectivity index (χ0) is 35.4. The number of hydrogen-bond acceptors (Lipinski definition) is 10. The highest BCUT2D eigenvalue weighted by Gasteiger charge is 2.50. The Morgan fingerprint density at radius 2 is 1.98 bits per heavy atom. The third kappa shape index (κ3) is 5.02. The minimum Gasteiger partial charge on any atom is -0.479 e. The van der Waals surface area contributed by atoms with Crippen LogP contribution in [0.2, 0.25) is 5.02 Å². The molecule has 51 heavy (non-hydrogen) atoms. The lowest BCUT2D eigenvalue weighted by molar-refractivity contribution is -0.0123. The van der Waals surface area contributed by atoms with E-state index in [0.29, 0.717) is 107 Å². The van der Waals surface area contributed by atoms with Gasteiger partial charge in [0.25, 0.3) is 0 Å². The Morgan fingerprint density at radius 3 is 2.75 bits per heavy atom. The third-order valence-corrected chi connectivity index (χ3v) is 11.5. The Bertz CT molecular complexity index is 2260. The number of H-pyrrole nitrogens is 1. The molecule has 0 amide bonds. The number of nitrogens with zero attached hydrogens (tertiary/aromatic N) is 8. The van der Waals surface area contributed by atoms with Crippen LogP contribution in [0.1, 0.15) is 44.6 Å². The maximum atomic E-state index is 16.3. The molecule has 3 saturated heterocycles. The van der Waals surface area contributed by atoms with Gasteiger partial charge in [-0.15, -0.1) is 5.10 Å². The fourth-order valence-electron chi connectivity index (χ4n) is 8.70. The SMILES string of the molecule is COc1n[nH]c2cc(Cl)c(C3(F)CC3)c(-c3nn(C)c4c5c(N6CCOC[C@@](C)(O)C6)nc(OC[C@@]67CCCN6C/C(=C\F)C7)nc5n(C)c34)c12. The van der Waals surface area contributed by atoms with Crippen molar-refractivity contribution in [3.8, 4) is 23.1 Å². The number of rotatable bonds is 7. The predicted molar refractivity (Wildman–Crippen MR) is 188 cm³/mol. The van der Waals surface area contributed by atoms with Crippen molar-refractivity contribution in [2.75, 3.05) is 58.0 Å². The molecular weight excluding hydrogens is 684 g/mol. The molecule has 4 fully saturated rings. The lowest BCUT2D eigenvalue weighted by Gasteiger charge is -2.31. The average molecular weight is 724 g/mol. The number of nitrogens with one attached hydrogen (secondary N) is 1. The van der Waals surface area contributed by atoms with E-state index in [1.54, 1.807) is 17.7 Å². The van der Waals surface area contributed by atoms with Gasteiger partial charge in [-0.25, -0.2) is 8.78 Å². The monoisotopic (exact) mass is 723 g/mol. The standard InChI is InChI=1S/C35H40ClF2N9O4/c1-33(48)16-46(10-11-50-17-33)30-24-27-28(44(2)29(24)39-32(40-30)51-18-34-6-5-9-47(34)15-19(13-34)14-37)26(43-45(27)3)23-22-21(41-42-31(22)49-4)12-20(36)25(23)35(38)7-8-35/h12,14,48H,5-11,13,15-18H2,1-4H3,(H,41,42)/b19-14-/t33-,34-/m0/s1. The summed E-state index contributed by atoms with van der Waals surface area (Å²) in [5.74, 6) is 0.861. The summed E-state index contributed by atoms with van der Waals surface area (Å²) in [5.41, 5.74) is 1.60. The first-order valence-electron chi connectivity index (χ1n) is 17.3. The van der Waals surface area contributed by atoms with Crippen LogP contribution in [0, 0.1) is 0 Å². The molecule has 1 aromatic carbocycles. The molecule has 1 saturated carbocycles. The largest absolute Gasteiger partial charge is 0.479 e. The molecule has 4 aliphatic rings. The number of aryl methyl sites for hydroxylation is 2. The minimum atomic E-state index is -1.62. The molecule has 5 aromatic rings. The number of β-amino-alcohol motifs (C(OH)–C–C–N with tert-alkyl or cyclic N) is 1. The number of benzene rings is 1. The quantitative estimate of drug-likeness (QED) is 0.235. The zero-order valence-electron chi connectivity index (χ0n) is 29.0. The van der Waals surface area contributed by atoms with E-state index in [9.17, 15) is 9.50 Å². The van der Waals surface area contributed by atoms with E-state index in [1.807, 2.05) is 23.6 Å². The fourth-order valence-corrected chi connectivity index (χ4v) is 9.07. The summed E-state index contributed by atoms with van der Waals surface area (Å²) < 4.78 is 51.6. The van der Waals surface area contributed by atoms with Gasteiger partial charge >= 0.3 is 6.01 Å². The summed E-state index contributed by atoms with van der Waals surface area (Å²) in [5, 5.41) is 25.2. The first-order chi connectivity index (χ1) is 24.5. The van der Waals surface area contributed by atoms with E-state index in [0.717, 1.165) is 31.3 Å². The highest BCUT2D eigenvalue weighted by Crippen LogP contribution is 2.57. The average Bonchev–Trinajstić information content (AvgIpc) is 3.45. The topological polar surface area (TPSA) is 132 Å². The first-order valence-corrected chi connectivity index (χ1v) is 17.7. The van der Waals surface area contributed by atoms with E-state index in [4.69, 9.17) is 40.9 Å². The number of aliphatic hydroxyl groups is 1. The van der Waals surface area contributed by atoms with Crippen LogP contribution in [-0.2, 0) is 24.5 Å². The van der Waals surface area contributed by atoms with E-state index < -0.39 is 11.3 Å². The molecular formula is C35H40ClF2N9O4. The molecule has 0 unspecified atom stereocenters. The van der Waals surface area contributed by atoms with Crippen molar-refractivity contribution < 1.29 is 28.1 Å². The Balaban J connectivity index is 1.27. The van der Waals surface area contributed by atoms with Gasteiger partial charge in [0.05, 0.1) is 66.1 Å². The van der Waals surface area contributed by atoms with Crippen LogP contribution in [-0.4, -0.2) is 109 Å². The Hall–Kier alpha value is -4.05. The summed E-state index contributed by atoms with van der Waals surface area (Å²) in [4.78, 5) is 14.3. The van der Waals surface area contributed by atoms with Crippen molar-refractivity contribution in [2.45, 2.75) is 55.8 Å². The van der Waals surface area contributed by atoms with Crippen LogP contribution in [0.25, 0.3) is 44.2 Å². The van der Waals surface area contributed by atoms with Gasteiger partial charge in [0.1, 0.15) is 29.4 Å². The number of aromatic amines is 1. The van der Waals surface area contributed by atoms with Crippen molar-refractivity contribution in [1.82, 2.24) is 39.4 Å². The van der Waals surface area contributed by atoms with Crippen molar-refractivity contribution in [1.29, 1.82) is 0 Å². The normalized spacial score (nSPS) is 25.8. The lowest BCUT2D eigenvalue weighted by Crippen LogP contribution is -2.44. The van der Waals surface area contributed by atoms with Crippen LogP contribution in [0.15, 0.2) is 18.0 Å². The second-order valence-electron chi connectivity index (χ2n) is 14.9. The summed E-state index contributed by atoms with van der Waals surface area (Å²) in [6.45, 7) is 4.77. The Labute approximate surface area is 297 Å². The predicted octanol–water partition coefficient (Wildman–Crippen LogP) is 5.08. The molecule has 2 N–H and O–H groups in total. The molecule has 4 aromatic heterocycles. The van der Waals surface area contributed by atoms with Crippen LogP contribution >= 0.6 is 11.6 Å². The molecule has 16 heteroatoms. The maximum absolute atomic E-state index is 16.3. The van der Waals surface area contributed by atoms with Crippen LogP contribution in [0.5, 0.6) is 11.9 Å². The molecule has 0 radical (unpaired) electrons. The van der Waals surface area contributed by atoms with Gasteiger partial charge in [0, 0.05) is 43.3 Å². The number of halogens is 3. The van der Waals surface area contributed by atoms with E-state index in [-0.39, 0.29) is 29.7 Å². The molecule has 0 spiro atoms. The molecule has 0 bridgehead atoms. The van der Waals surface area contributed by atoms with Gasteiger partial charge in [-0.3, -0.25) is 14.7 Å². The van der Waals surface area contributed by atoms with E-state index >= 15 is 4.39 Å². The molecule has 1 aliphatic carbocycles. The van der Waals surface area contributed by atoms with Crippen molar-refractivity contribution in [2.24, 2.45) is 14.1 Å². The number of ether oxygens (including phenoxy) is 3. The molecule has 13 nitrogen and oxygen atoms in total. The van der Waals surface area contributed by atoms with E-state index in [1.165, 1.54) is 7.11 Å². The highest BCUT2D eigenvalue weighted by atomic mass is 35.5. The zero-order valence-corrected chi connectivity index (χ0v) is 29.8. The van der Waals surface area contributed by atoms with Crippen LogP contribution in [0.3, 0.4) is 0 Å². The van der Waals surface area contributed by atoms with E-state index in [2.05, 4.69) is 15.1 Å². The lowest BCUT2D eigenvalue weighted by atomic mass is 9.94. The third-order valence-electron chi connectivity index (χ3n) is 11.2. The summed E-state index contributed by atoms with van der Waals surface area (Å²) >= 11 is 6.87. The van der Waals surface area contributed by atoms with Gasteiger partial charge in [-0.2, -0.15) is 15.1 Å². The van der Waals surface area contributed by atoms with Crippen LogP contribution < -0.4 is 14.4 Å². The second-order valence-corrected chi connectivity index (χ2v) is 15.3. The smallest absolute Gasteiger partial charge is 0.320 e. The van der Waals surface area contributed by atoms with Crippen molar-refractivity contribution in [3.05, 3.63) is 28.6 Å². The number of fused-ring (bicyclic) bond motifs is 5. The second kappa shape index (κ2) is 11.5. The summed E-state index contributed by atoms with van der Waals surface area (Å²) in [7, 11) is 5.25. The first kappa shape index (κ1) is 32.8. The number of methoxy groups -OCH3 is 1. The number of alkyl halides is 1. The van der Waals surface area contributed by atoms with Crippen molar-refractivity contribution in [3.63, 3.8) is 0 Å². The Morgan fingerprint density at radius 1 is 1.16 bits per heavy atom. The summed E-state index contributed by atoms with van der Waals surface area (Å²) in [6, 6.07) is 1.86. The van der Waals surface area contributed by atoms with Gasteiger partial charge in [-0.05, 0) is 57.2 Å². The molecule has 9 rings (SSSR count). The van der Waals surface area contributed by atoms with Gasteiger partial charge in [-0.1, -0.05) is 11.6 Å². The molecule has 3 aliphatic heterocycles. The van der Waals surface area contributed by atoms with Gasteiger partial charge in [0.2, 0.25) is 5.88 Å². The molecule has 7 heterocycles. The van der Waals surface area contributed by atoms with Gasteiger partial charge < -0.3 is 28.8 Å². The Kier molecular flexibility index (Phi) is 7.39. The van der Waals surface area contributed by atoms with Gasteiger partial charge in [0.15, 0.2) is 5.65 Å². The number of aromatic nitrogens is 7. The highest BCUT2D eigenvalue weighted by molar-refractivity contribution is 6.33. The number of hydrogen-bond donors (Lipinski definition) is 2. The minimum absolute atomic E-state index is 0.171. The summed E-state index contributed by atoms with van der Waals surface area (Å²) in [6.07, 6.45) is 3.89. The van der Waals surface area contributed by atoms with Crippen molar-refractivity contribution >= 4 is 50.4 Å². The number of anilines is 1. The molecule has 270 valence electrons. The maximum Gasteiger partial charge on any atom is 0.320 e. The molecule has 2 atom stereocenters.